The van der Waals surface area contributed by atoms with Gasteiger partial charge in [0.2, 0.25) is 0 Å². The summed E-state index contributed by atoms with van der Waals surface area (Å²) < 4.78 is 16.9. The van der Waals surface area contributed by atoms with Crippen molar-refractivity contribution < 1.29 is 9.18 Å². The Bertz CT molecular complexity index is 1520. The number of rotatable bonds is 4. The van der Waals surface area contributed by atoms with Gasteiger partial charge in [-0.15, -0.1) is 0 Å². The molecule has 36 heavy (non-hydrogen) atoms. The molecule has 0 saturated heterocycles. The maximum absolute atomic E-state index is 15.1. The molecule has 7 rings (SSSR count). The van der Waals surface area contributed by atoms with Gasteiger partial charge in [-0.3, -0.25) is 4.79 Å². The third kappa shape index (κ3) is 3.54. The van der Waals surface area contributed by atoms with Crippen LogP contribution >= 0.6 is 0 Å². The summed E-state index contributed by atoms with van der Waals surface area (Å²) in [5, 5.41) is 4.76. The van der Waals surface area contributed by atoms with E-state index in [0.717, 1.165) is 36.9 Å². The van der Waals surface area contributed by atoms with E-state index in [1.807, 2.05) is 39.7 Å². The third-order valence-corrected chi connectivity index (χ3v) is 8.33. The summed E-state index contributed by atoms with van der Waals surface area (Å²) in [6, 6.07) is 17.6. The minimum Gasteiger partial charge on any atom is -0.330 e. The molecule has 3 heterocycles. The number of amides is 1. The first-order valence-electron chi connectivity index (χ1n) is 13.1. The molecule has 0 radical (unpaired) electrons. The van der Waals surface area contributed by atoms with Gasteiger partial charge < -0.3 is 4.90 Å². The average molecular weight is 481 g/mol. The standard InChI is InChI=1S/C30H29FN4O/c1-17-13-24(17)21-9-10-23(25(31)14-21)26-16-29-32-27(15-28(20-7-8-20)35(29)33-26)30(36)34-12-11-19-5-3-4-6-22(19)18(34)2/h3-6,9-10,14-18,20,24H,7-8,11-13H2,1-2H3/t17-,18+,24-/m0/s1. The molecule has 3 aliphatic rings. The van der Waals surface area contributed by atoms with Crippen LogP contribution in [-0.4, -0.2) is 31.9 Å². The van der Waals surface area contributed by atoms with E-state index in [0.29, 0.717) is 46.9 Å². The lowest BCUT2D eigenvalue weighted by Crippen LogP contribution is -2.39. The van der Waals surface area contributed by atoms with Gasteiger partial charge in [0.25, 0.3) is 5.91 Å². The molecule has 5 nitrogen and oxygen atoms in total. The molecule has 3 atom stereocenters. The number of fused-ring (bicyclic) bond motifs is 2. The Labute approximate surface area is 210 Å². The first-order valence-corrected chi connectivity index (χ1v) is 13.1. The third-order valence-electron chi connectivity index (χ3n) is 8.33. The van der Waals surface area contributed by atoms with E-state index in [4.69, 9.17) is 10.1 Å². The van der Waals surface area contributed by atoms with Crippen LogP contribution in [0.4, 0.5) is 4.39 Å². The van der Waals surface area contributed by atoms with Crippen molar-refractivity contribution in [2.24, 2.45) is 5.92 Å². The number of aromatic nitrogens is 3. The van der Waals surface area contributed by atoms with Crippen molar-refractivity contribution in [1.29, 1.82) is 0 Å². The highest BCUT2D eigenvalue weighted by Crippen LogP contribution is 2.47. The van der Waals surface area contributed by atoms with Crippen LogP contribution in [0.2, 0.25) is 0 Å². The fourth-order valence-corrected chi connectivity index (χ4v) is 5.86. The molecule has 0 N–H and O–H groups in total. The lowest BCUT2D eigenvalue weighted by atomic mass is 9.93. The van der Waals surface area contributed by atoms with Gasteiger partial charge in [0.1, 0.15) is 11.5 Å². The van der Waals surface area contributed by atoms with Crippen molar-refractivity contribution in [2.45, 2.75) is 57.4 Å². The largest absolute Gasteiger partial charge is 0.330 e. The number of nitrogens with zero attached hydrogens (tertiary/aromatic N) is 4. The molecule has 2 aromatic heterocycles. The molecule has 6 heteroatoms. The summed E-state index contributed by atoms with van der Waals surface area (Å²) in [6.07, 6.45) is 4.10. The zero-order valence-electron chi connectivity index (χ0n) is 20.6. The minimum absolute atomic E-state index is 0.00730. The molecule has 0 bridgehead atoms. The van der Waals surface area contributed by atoms with Gasteiger partial charge in [0, 0.05) is 29.8 Å². The molecule has 4 aromatic rings. The molecule has 0 unspecified atom stereocenters. The smallest absolute Gasteiger partial charge is 0.273 e. The number of halogens is 1. The van der Waals surface area contributed by atoms with E-state index in [-0.39, 0.29) is 17.8 Å². The Hall–Kier alpha value is -3.54. The number of carbonyl (C=O) groups excluding carboxylic acids is 1. The predicted octanol–water partition coefficient (Wildman–Crippen LogP) is 6.30. The average Bonchev–Trinajstić information content (AvgIpc) is 3.81. The van der Waals surface area contributed by atoms with Gasteiger partial charge in [0.15, 0.2) is 5.65 Å². The second-order valence-electron chi connectivity index (χ2n) is 10.8. The summed E-state index contributed by atoms with van der Waals surface area (Å²) in [5.41, 5.74) is 6.64. The lowest BCUT2D eigenvalue weighted by Gasteiger charge is -2.35. The highest BCUT2D eigenvalue weighted by atomic mass is 19.1. The van der Waals surface area contributed by atoms with Crippen molar-refractivity contribution in [1.82, 2.24) is 19.5 Å². The fraction of sp³-hybridized carbons (Fsp3) is 0.367. The molecular weight excluding hydrogens is 451 g/mol. The van der Waals surface area contributed by atoms with E-state index in [1.54, 1.807) is 6.07 Å². The first-order chi connectivity index (χ1) is 17.5. The highest BCUT2D eigenvalue weighted by molar-refractivity contribution is 5.93. The SMILES string of the molecule is C[C@@H]1c2ccccc2CCN1C(=O)c1cc(C2CC2)n2nc(-c3ccc([C@H]4C[C@@H]4C)cc3F)cc2n1. The van der Waals surface area contributed by atoms with Gasteiger partial charge in [-0.25, -0.2) is 13.9 Å². The molecule has 2 saturated carbocycles. The van der Waals surface area contributed by atoms with Crippen LogP contribution in [-0.2, 0) is 6.42 Å². The molecule has 1 amide bonds. The maximum Gasteiger partial charge on any atom is 0.273 e. The second-order valence-corrected chi connectivity index (χ2v) is 10.8. The molecule has 1 aliphatic heterocycles. The zero-order chi connectivity index (χ0) is 24.6. The summed E-state index contributed by atoms with van der Waals surface area (Å²) in [4.78, 5) is 20.4. The zero-order valence-corrected chi connectivity index (χ0v) is 20.6. The minimum atomic E-state index is -0.250. The van der Waals surface area contributed by atoms with Crippen LogP contribution in [0, 0.1) is 11.7 Å². The molecule has 182 valence electrons. The first kappa shape index (κ1) is 21.7. The van der Waals surface area contributed by atoms with Crippen LogP contribution in [0.25, 0.3) is 16.9 Å². The van der Waals surface area contributed by atoms with Crippen molar-refractivity contribution in [2.75, 3.05) is 6.54 Å². The normalized spacial score (nSPS) is 23.1. The maximum atomic E-state index is 15.1. The molecule has 2 aromatic carbocycles. The lowest BCUT2D eigenvalue weighted by molar-refractivity contribution is 0.0671. The number of hydrogen-bond donors (Lipinski definition) is 0. The van der Waals surface area contributed by atoms with Gasteiger partial charge in [-0.2, -0.15) is 5.10 Å². The van der Waals surface area contributed by atoms with E-state index in [2.05, 4.69) is 32.0 Å². The summed E-state index contributed by atoms with van der Waals surface area (Å²) in [5.74, 6) is 1.15. The summed E-state index contributed by atoms with van der Waals surface area (Å²) in [7, 11) is 0. The van der Waals surface area contributed by atoms with Crippen molar-refractivity contribution >= 4 is 11.6 Å². The topological polar surface area (TPSA) is 50.5 Å². The predicted molar refractivity (Wildman–Crippen MR) is 136 cm³/mol. The fourth-order valence-electron chi connectivity index (χ4n) is 5.86. The molecule has 0 spiro atoms. The van der Waals surface area contributed by atoms with Crippen LogP contribution < -0.4 is 0 Å². The van der Waals surface area contributed by atoms with E-state index in [1.165, 1.54) is 11.1 Å². The summed E-state index contributed by atoms with van der Waals surface area (Å²) >= 11 is 0. The monoisotopic (exact) mass is 480 g/mol. The Morgan fingerprint density at radius 1 is 1.06 bits per heavy atom. The Balaban J connectivity index is 1.26. The Morgan fingerprint density at radius 3 is 2.61 bits per heavy atom. The Kier molecular flexibility index (Phi) is 4.82. The van der Waals surface area contributed by atoms with Gasteiger partial charge in [-0.1, -0.05) is 37.3 Å². The van der Waals surface area contributed by atoms with Crippen molar-refractivity contribution in [3.63, 3.8) is 0 Å². The quantitative estimate of drug-likeness (QED) is 0.345. The highest BCUT2D eigenvalue weighted by Gasteiger charge is 2.35. The van der Waals surface area contributed by atoms with Crippen molar-refractivity contribution in [3.05, 3.63) is 88.5 Å². The van der Waals surface area contributed by atoms with E-state index in [9.17, 15) is 4.79 Å². The summed E-state index contributed by atoms with van der Waals surface area (Å²) in [6.45, 7) is 4.96. The van der Waals surface area contributed by atoms with Crippen LogP contribution in [0.3, 0.4) is 0 Å². The van der Waals surface area contributed by atoms with Gasteiger partial charge in [-0.05, 0) is 79.3 Å². The Morgan fingerprint density at radius 2 is 1.86 bits per heavy atom. The van der Waals surface area contributed by atoms with Crippen LogP contribution in [0.15, 0.2) is 54.6 Å². The van der Waals surface area contributed by atoms with Crippen molar-refractivity contribution in [3.8, 4) is 11.3 Å². The number of benzene rings is 2. The van der Waals surface area contributed by atoms with Gasteiger partial charge >= 0.3 is 0 Å². The number of hydrogen-bond acceptors (Lipinski definition) is 3. The molecular formula is C30H29FN4O. The molecule has 2 aliphatic carbocycles. The van der Waals surface area contributed by atoms with E-state index < -0.39 is 0 Å². The van der Waals surface area contributed by atoms with E-state index >= 15 is 4.39 Å². The number of carbonyl (C=O) groups is 1. The van der Waals surface area contributed by atoms with Crippen LogP contribution in [0.5, 0.6) is 0 Å². The molecule has 2 fully saturated rings. The second kappa shape index (κ2) is 7.99. The van der Waals surface area contributed by atoms with Crippen LogP contribution in [0.1, 0.15) is 83.9 Å². The van der Waals surface area contributed by atoms with Gasteiger partial charge in [0.05, 0.1) is 11.7 Å².